The zero-order chi connectivity index (χ0) is 13.9. The predicted molar refractivity (Wildman–Crippen MR) is 78.1 cm³/mol. The van der Waals surface area contributed by atoms with Gasteiger partial charge in [-0.2, -0.15) is 4.98 Å². The second kappa shape index (κ2) is 6.24. The molecule has 0 unspecified atom stereocenters. The molecule has 3 heterocycles. The molecular weight excluding hydrogens is 276 g/mol. The Hall–Kier alpha value is -0.910. The highest BCUT2D eigenvalue weighted by molar-refractivity contribution is 6.29. The van der Waals surface area contributed by atoms with Crippen LogP contribution in [-0.2, 0) is 0 Å². The lowest BCUT2D eigenvalue weighted by Gasteiger charge is -2.46. The minimum atomic E-state index is 0.379. The van der Waals surface area contributed by atoms with E-state index in [4.69, 9.17) is 16.3 Å². The van der Waals surface area contributed by atoms with Crippen LogP contribution in [0, 0.1) is 5.92 Å². The topological polar surface area (TPSA) is 41.5 Å². The van der Waals surface area contributed by atoms with Gasteiger partial charge in [-0.3, -0.25) is 9.88 Å². The van der Waals surface area contributed by atoms with Crippen LogP contribution in [0.4, 0.5) is 0 Å². The standard InChI is InChI=1S/C14H21ClN4O/c1-18-4-2-12(3-5-18)19-8-11(9-19)10-20-14-7-16-6-13(15)17-14/h6-7,11-12H,2-5,8-10H2,1H3. The molecule has 0 aromatic carbocycles. The maximum absolute atomic E-state index is 5.78. The Morgan fingerprint density at radius 1 is 1.30 bits per heavy atom. The van der Waals surface area contributed by atoms with Gasteiger partial charge in [0, 0.05) is 25.0 Å². The number of hydrogen-bond donors (Lipinski definition) is 0. The van der Waals surface area contributed by atoms with Gasteiger partial charge in [0.25, 0.3) is 0 Å². The van der Waals surface area contributed by atoms with E-state index in [0.717, 1.165) is 19.1 Å². The molecule has 0 N–H and O–H groups in total. The van der Waals surface area contributed by atoms with Gasteiger partial charge in [0.05, 0.1) is 19.0 Å². The highest BCUT2D eigenvalue weighted by atomic mass is 35.5. The molecule has 1 aromatic heterocycles. The summed E-state index contributed by atoms with van der Waals surface area (Å²) in [5, 5.41) is 0.379. The quantitative estimate of drug-likeness (QED) is 0.843. The molecular formula is C14H21ClN4O. The molecule has 20 heavy (non-hydrogen) atoms. The first-order valence-corrected chi connectivity index (χ1v) is 7.61. The minimum absolute atomic E-state index is 0.379. The molecule has 0 amide bonds. The van der Waals surface area contributed by atoms with Gasteiger partial charge >= 0.3 is 0 Å². The maximum Gasteiger partial charge on any atom is 0.233 e. The summed E-state index contributed by atoms with van der Waals surface area (Å²) in [6.45, 7) is 5.43. The SMILES string of the molecule is CN1CCC(N2CC(COc3cncc(Cl)n3)C2)CC1. The van der Waals surface area contributed by atoms with E-state index in [9.17, 15) is 0 Å². The number of likely N-dealkylation sites (tertiary alicyclic amines) is 2. The Kier molecular flexibility index (Phi) is 4.38. The van der Waals surface area contributed by atoms with Crippen molar-refractivity contribution in [1.82, 2.24) is 19.8 Å². The number of halogens is 1. The number of aromatic nitrogens is 2. The van der Waals surface area contributed by atoms with E-state index in [-0.39, 0.29) is 0 Å². The van der Waals surface area contributed by atoms with E-state index in [1.165, 1.54) is 32.1 Å². The van der Waals surface area contributed by atoms with Gasteiger partial charge in [0.15, 0.2) is 5.15 Å². The van der Waals surface area contributed by atoms with Crippen LogP contribution in [0.15, 0.2) is 12.4 Å². The van der Waals surface area contributed by atoms with Crippen LogP contribution in [0.3, 0.4) is 0 Å². The second-order valence-corrected chi connectivity index (χ2v) is 6.23. The third-order valence-corrected chi connectivity index (χ3v) is 4.42. The molecule has 2 aliphatic rings. The van der Waals surface area contributed by atoms with Crippen molar-refractivity contribution in [2.75, 3.05) is 39.8 Å². The van der Waals surface area contributed by atoms with Gasteiger partial charge in [-0.25, -0.2) is 0 Å². The molecule has 2 aliphatic heterocycles. The molecule has 0 radical (unpaired) electrons. The van der Waals surface area contributed by atoms with E-state index >= 15 is 0 Å². The highest BCUT2D eigenvalue weighted by Gasteiger charge is 2.33. The fourth-order valence-corrected chi connectivity index (χ4v) is 3.11. The van der Waals surface area contributed by atoms with Gasteiger partial charge in [0.2, 0.25) is 5.88 Å². The van der Waals surface area contributed by atoms with Crippen molar-refractivity contribution in [1.29, 1.82) is 0 Å². The van der Waals surface area contributed by atoms with Crippen molar-refractivity contribution >= 4 is 11.6 Å². The molecule has 110 valence electrons. The lowest BCUT2D eigenvalue weighted by molar-refractivity contribution is 0.00326. The van der Waals surface area contributed by atoms with Gasteiger partial charge in [-0.1, -0.05) is 11.6 Å². The van der Waals surface area contributed by atoms with Crippen molar-refractivity contribution in [3.8, 4) is 5.88 Å². The maximum atomic E-state index is 5.78. The van der Waals surface area contributed by atoms with Crippen molar-refractivity contribution in [3.05, 3.63) is 17.5 Å². The molecule has 0 spiro atoms. The van der Waals surface area contributed by atoms with Crippen molar-refractivity contribution in [3.63, 3.8) is 0 Å². The normalized spacial score (nSPS) is 22.7. The molecule has 0 bridgehead atoms. The van der Waals surface area contributed by atoms with Crippen LogP contribution >= 0.6 is 11.6 Å². The zero-order valence-electron chi connectivity index (χ0n) is 11.8. The van der Waals surface area contributed by atoms with Crippen LogP contribution in [0.5, 0.6) is 5.88 Å². The van der Waals surface area contributed by atoms with Gasteiger partial charge in [0.1, 0.15) is 0 Å². The average Bonchev–Trinajstić information content (AvgIpc) is 2.39. The van der Waals surface area contributed by atoms with E-state index < -0.39 is 0 Å². The van der Waals surface area contributed by atoms with Crippen LogP contribution in [0.1, 0.15) is 12.8 Å². The molecule has 5 nitrogen and oxygen atoms in total. The Morgan fingerprint density at radius 3 is 2.75 bits per heavy atom. The summed E-state index contributed by atoms with van der Waals surface area (Å²) in [6.07, 6.45) is 5.71. The summed E-state index contributed by atoms with van der Waals surface area (Å²) in [4.78, 5) is 13.0. The Balaban J connectivity index is 1.38. The van der Waals surface area contributed by atoms with Crippen LogP contribution in [-0.4, -0.2) is 65.6 Å². The third kappa shape index (κ3) is 3.40. The first kappa shape index (κ1) is 14.0. The molecule has 0 atom stereocenters. The Morgan fingerprint density at radius 2 is 2.05 bits per heavy atom. The van der Waals surface area contributed by atoms with Gasteiger partial charge < -0.3 is 9.64 Å². The van der Waals surface area contributed by atoms with Crippen LogP contribution < -0.4 is 4.74 Å². The lowest BCUT2D eigenvalue weighted by atomic mass is 9.94. The lowest BCUT2D eigenvalue weighted by Crippen LogP contribution is -2.56. The summed E-state index contributed by atoms with van der Waals surface area (Å²) in [5.74, 6) is 1.13. The smallest absolute Gasteiger partial charge is 0.233 e. The largest absolute Gasteiger partial charge is 0.476 e. The molecule has 2 fully saturated rings. The summed E-state index contributed by atoms with van der Waals surface area (Å²) in [6, 6.07) is 0.772. The highest BCUT2D eigenvalue weighted by Crippen LogP contribution is 2.25. The fourth-order valence-electron chi connectivity index (χ4n) is 2.97. The molecule has 1 aromatic rings. The Bertz CT molecular complexity index is 445. The summed E-state index contributed by atoms with van der Waals surface area (Å²) >= 11 is 5.78. The molecule has 3 rings (SSSR count). The van der Waals surface area contributed by atoms with E-state index in [1.807, 2.05) is 0 Å². The third-order valence-electron chi connectivity index (χ3n) is 4.24. The van der Waals surface area contributed by atoms with Crippen molar-refractivity contribution in [2.45, 2.75) is 18.9 Å². The average molecular weight is 297 g/mol. The van der Waals surface area contributed by atoms with Crippen molar-refractivity contribution < 1.29 is 4.74 Å². The Labute approximate surface area is 124 Å². The second-order valence-electron chi connectivity index (χ2n) is 5.85. The first-order chi connectivity index (χ1) is 9.70. The predicted octanol–water partition coefficient (Wildman–Crippen LogP) is 1.53. The summed E-state index contributed by atoms with van der Waals surface area (Å²) in [7, 11) is 2.20. The number of nitrogens with zero attached hydrogens (tertiary/aromatic N) is 4. The molecule has 0 aliphatic carbocycles. The zero-order valence-corrected chi connectivity index (χ0v) is 12.6. The van der Waals surface area contributed by atoms with Gasteiger partial charge in [-0.15, -0.1) is 0 Å². The number of rotatable bonds is 4. The fraction of sp³-hybridized carbons (Fsp3) is 0.714. The molecule has 0 saturated carbocycles. The minimum Gasteiger partial charge on any atom is -0.476 e. The van der Waals surface area contributed by atoms with Gasteiger partial charge in [-0.05, 0) is 33.0 Å². The van der Waals surface area contributed by atoms with Crippen molar-refractivity contribution in [2.24, 2.45) is 5.92 Å². The molecule has 2 saturated heterocycles. The molecule has 6 heteroatoms. The van der Waals surface area contributed by atoms with Crippen LogP contribution in [0.2, 0.25) is 5.15 Å². The van der Waals surface area contributed by atoms with Crippen LogP contribution in [0.25, 0.3) is 0 Å². The van der Waals surface area contributed by atoms with E-state index in [2.05, 4.69) is 26.8 Å². The van der Waals surface area contributed by atoms with E-state index in [1.54, 1.807) is 6.20 Å². The number of ether oxygens (including phenoxy) is 1. The number of piperidine rings is 1. The summed E-state index contributed by atoms with van der Waals surface area (Å²) < 4.78 is 5.65. The number of hydrogen-bond acceptors (Lipinski definition) is 5. The van der Waals surface area contributed by atoms with E-state index in [0.29, 0.717) is 23.6 Å². The monoisotopic (exact) mass is 296 g/mol. The first-order valence-electron chi connectivity index (χ1n) is 7.23. The summed E-state index contributed by atoms with van der Waals surface area (Å²) in [5.41, 5.74) is 0.